The van der Waals surface area contributed by atoms with E-state index in [0.717, 1.165) is 16.8 Å². The number of para-hydroxylation sites is 1. The minimum absolute atomic E-state index is 0.0452. The van der Waals surface area contributed by atoms with Crippen LogP contribution in [0.2, 0.25) is 0 Å². The van der Waals surface area contributed by atoms with Crippen molar-refractivity contribution < 1.29 is 4.79 Å². The Morgan fingerprint density at radius 3 is 2.39 bits per heavy atom. The third-order valence-electron chi connectivity index (χ3n) is 3.29. The van der Waals surface area contributed by atoms with Crippen LogP contribution in [0.4, 0.5) is 5.69 Å². The third kappa shape index (κ3) is 1.63. The van der Waals surface area contributed by atoms with E-state index in [4.69, 9.17) is 0 Å². The molecule has 2 aromatic rings. The van der Waals surface area contributed by atoms with Crippen molar-refractivity contribution in [3.63, 3.8) is 0 Å². The smallest absolute Gasteiger partial charge is 0.251 e. The van der Waals surface area contributed by atoms with Gasteiger partial charge in [0.2, 0.25) is 0 Å². The lowest BCUT2D eigenvalue weighted by molar-refractivity contribution is -0.113. The Balaban J connectivity index is 2.18. The highest BCUT2D eigenvalue weighted by Crippen LogP contribution is 2.39. The molecule has 1 amide bonds. The highest BCUT2D eigenvalue weighted by Gasteiger charge is 2.29. The largest absolute Gasteiger partial charge is 0.322 e. The van der Waals surface area contributed by atoms with Gasteiger partial charge in [0.15, 0.2) is 0 Å². The molecule has 0 spiro atoms. The van der Waals surface area contributed by atoms with Crippen molar-refractivity contribution in [2.24, 2.45) is 0 Å². The van der Waals surface area contributed by atoms with E-state index in [1.807, 2.05) is 54.6 Å². The number of anilines is 1. The first-order valence-corrected chi connectivity index (χ1v) is 5.91. The summed E-state index contributed by atoms with van der Waals surface area (Å²) in [6.07, 6.45) is 0. The summed E-state index contributed by atoms with van der Waals surface area (Å²) < 4.78 is 0. The van der Waals surface area contributed by atoms with E-state index < -0.39 is 0 Å². The fourth-order valence-corrected chi connectivity index (χ4v) is 2.41. The zero-order chi connectivity index (χ0) is 12.5. The number of carbonyl (C=O) groups is 1. The van der Waals surface area contributed by atoms with Crippen LogP contribution >= 0.6 is 0 Å². The van der Waals surface area contributed by atoms with Crippen molar-refractivity contribution in [3.8, 4) is 0 Å². The molecule has 1 heterocycles. The lowest BCUT2D eigenvalue weighted by Gasteiger charge is -2.27. The highest BCUT2D eigenvalue weighted by atomic mass is 16.1. The fraction of sp³-hybridized carbons (Fsp3) is 0.0625. The standard InChI is InChI=1S/C16H13NO/c1-11-15(12-7-3-2-4-8-12)13-9-5-6-10-14(13)17-16(11)18/h2-10,15H,1H2,(H,17,18). The molecular weight excluding hydrogens is 222 g/mol. The Hall–Kier alpha value is -2.35. The fourth-order valence-electron chi connectivity index (χ4n) is 2.41. The summed E-state index contributed by atoms with van der Waals surface area (Å²) in [6, 6.07) is 17.9. The minimum Gasteiger partial charge on any atom is -0.322 e. The van der Waals surface area contributed by atoms with Gasteiger partial charge in [0.1, 0.15) is 0 Å². The van der Waals surface area contributed by atoms with Gasteiger partial charge in [-0.05, 0) is 17.2 Å². The summed E-state index contributed by atoms with van der Waals surface area (Å²) in [5.74, 6) is -0.140. The van der Waals surface area contributed by atoms with Crippen LogP contribution in [0.1, 0.15) is 17.0 Å². The van der Waals surface area contributed by atoms with Gasteiger partial charge in [-0.15, -0.1) is 0 Å². The number of benzene rings is 2. The number of fused-ring (bicyclic) bond motifs is 1. The van der Waals surface area contributed by atoms with Crippen molar-refractivity contribution in [1.82, 2.24) is 0 Å². The number of hydrogen-bond acceptors (Lipinski definition) is 1. The molecule has 1 aliphatic rings. The van der Waals surface area contributed by atoms with Gasteiger partial charge >= 0.3 is 0 Å². The van der Waals surface area contributed by atoms with Gasteiger partial charge in [0, 0.05) is 17.2 Å². The molecule has 0 radical (unpaired) electrons. The van der Waals surface area contributed by atoms with Crippen molar-refractivity contribution in [3.05, 3.63) is 77.9 Å². The molecule has 2 heteroatoms. The Kier molecular flexibility index (Phi) is 2.49. The van der Waals surface area contributed by atoms with Crippen molar-refractivity contribution >= 4 is 11.6 Å². The highest BCUT2D eigenvalue weighted by molar-refractivity contribution is 6.08. The predicted molar refractivity (Wildman–Crippen MR) is 72.5 cm³/mol. The number of nitrogens with one attached hydrogen (secondary N) is 1. The predicted octanol–water partition coefficient (Wildman–Crippen LogP) is 3.33. The van der Waals surface area contributed by atoms with E-state index in [1.165, 1.54) is 0 Å². The number of carbonyl (C=O) groups excluding carboxylic acids is 1. The summed E-state index contributed by atoms with van der Waals surface area (Å²) in [4.78, 5) is 11.9. The molecule has 0 saturated heterocycles. The van der Waals surface area contributed by atoms with E-state index in [9.17, 15) is 4.79 Å². The van der Waals surface area contributed by atoms with E-state index >= 15 is 0 Å². The Morgan fingerprint density at radius 1 is 0.944 bits per heavy atom. The maximum absolute atomic E-state index is 11.9. The van der Waals surface area contributed by atoms with E-state index in [-0.39, 0.29) is 11.8 Å². The van der Waals surface area contributed by atoms with Crippen LogP contribution in [0, 0.1) is 0 Å². The van der Waals surface area contributed by atoms with Crippen LogP contribution in [0.3, 0.4) is 0 Å². The van der Waals surface area contributed by atoms with Gasteiger partial charge in [-0.3, -0.25) is 4.79 Å². The molecule has 0 fully saturated rings. The van der Waals surface area contributed by atoms with Crippen LogP contribution in [0.25, 0.3) is 0 Å². The molecular formula is C16H13NO. The van der Waals surface area contributed by atoms with Gasteiger partial charge in [0.25, 0.3) is 5.91 Å². The Labute approximate surface area is 106 Å². The topological polar surface area (TPSA) is 29.1 Å². The SMILES string of the molecule is C=C1C(=O)Nc2ccccc2C1c1ccccc1. The second kappa shape index (κ2) is 4.15. The van der Waals surface area contributed by atoms with Crippen molar-refractivity contribution in [2.75, 3.05) is 5.32 Å². The number of rotatable bonds is 1. The lowest BCUT2D eigenvalue weighted by Crippen LogP contribution is -2.25. The first kappa shape index (κ1) is 10.8. The molecule has 0 bridgehead atoms. The molecule has 2 aromatic carbocycles. The summed E-state index contributed by atoms with van der Waals surface area (Å²) in [6.45, 7) is 3.94. The summed E-state index contributed by atoms with van der Waals surface area (Å²) >= 11 is 0. The molecule has 0 saturated carbocycles. The van der Waals surface area contributed by atoms with Gasteiger partial charge in [-0.2, -0.15) is 0 Å². The van der Waals surface area contributed by atoms with Crippen molar-refractivity contribution in [1.29, 1.82) is 0 Å². The second-order valence-corrected chi connectivity index (χ2v) is 4.41. The molecule has 1 unspecified atom stereocenters. The van der Waals surface area contributed by atoms with Gasteiger partial charge in [-0.1, -0.05) is 55.1 Å². The number of hydrogen-bond donors (Lipinski definition) is 1. The first-order chi connectivity index (χ1) is 8.77. The summed E-state index contributed by atoms with van der Waals surface area (Å²) in [7, 11) is 0. The molecule has 0 aromatic heterocycles. The summed E-state index contributed by atoms with van der Waals surface area (Å²) in [5.41, 5.74) is 3.68. The Morgan fingerprint density at radius 2 is 1.61 bits per heavy atom. The van der Waals surface area contributed by atoms with Crippen LogP contribution in [0.15, 0.2) is 66.7 Å². The van der Waals surface area contributed by atoms with Crippen molar-refractivity contribution in [2.45, 2.75) is 5.92 Å². The molecule has 18 heavy (non-hydrogen) atoms. The van der Waals surface area contributed by atoms with Crippen LogP contribution < -0.4 is 5.32 Å². The molecule has 88 valence electrons. The zero-order valence-corrected chi connectivity index (χ0v) is 9.89. The van der Waals surface area contributed by atoms with Gasteiger partial charge in [-0.25, -0.2) is 0 Å². The Bertz CT molecular complexity index is 616. The molecule has 1 N–H and O–H groups in total. The van der Waals surface area contributed by atoms with Gasteiger partial charge in [0.05, 0.1) is 0 Å². The third-order valence-corrected chi connectivity index (χ3v) is 3.29. The molecule has 0 aliphatic carbocycles. The molecule has 2 nitrogen and oxygen atoms in total. The van der Waals surface area contributed by atoms with Crippen LogP contribution in [0.5, 0.6) is 0 Å². The van der Waals surface area contributed by atoms with Crippen LogP contribution in [-0.2, 0) is 4.79 Å². The molecule has 1 aliphatic heterocycles. The lowest BCUT2D eigenvalue weighted by atomic mass is 9.82. The maximum atomic E-state index is 11.9. The average molecular weight is 235 g/mol. The summed E-state index contributed by atoms with van der Waals surface area (Å²) in [5, 5.41) is 2.87. The zero-order valence-electron chi connectivity index (χ0n) is 9.89. The monoisotopic (exact) mass is 235 g/mol. The molecule has 1 atom stereocenters. The van der Waals surface area contributed by atoms with E-state index in [0.29, 0.717) is 5.57 Å². The number of amides is 1. The second-order valence-electron chi connectivity index (χ2n) is 4.41. The van der Waals surface area contributed by atoms with Crippen LogP contribution in [-0.4, -0.2) is 5.91 Å². The normalized spacial score (nSPS) is 18.1. The van der Waals surface area contributed by atoms with Gasteiger partial charge < -0.3 is 5.32 Å². The molecule has 3 rings (SSSR count). The van der Waals surface area contributed by atoms with E-state index in [1.54, 1.807) is 0 Å². The quantitative estimate of drug-likeness (QED) is 0.755. The average Bonchev–Trinajstić information content (AvgIpc) is 2.41. The van der Waals surface area contributed by atoms with E-state index in [2.05, 4.69) is 11.9 Å². The maximum Gasteiger partial charge on any atom is 0.251 e. The minimum atomic E-state index is -0.0949. The first-order valence-electron chi connectivity index (χ1n) is 5.91.